The Morgan fingerprint density at radius 2 is 1.15 bits per heavy atom. The van der Waals surface area contributed by atoms with Crippen LogP contribution in [-0.4, -0.2) is 165 Å². The molecule has 11 unspecified atom stereocenters. The number of hydrogen-bond acceptors (Lipinski definition) is 14. The fraction of sp³-hybridized carbons (Fsp3) is 0.783. The number of Topliss-reactive ketones (excluding diaryl/α,β-unsaturated/α-hetero) is 1. The molecule has 1 aliphatic rings. The predicted octanol–water partition coefficient (Wildman–Crippen LogP) is 1.67. The van der Waals surface area contributed by atoms with Crippen LogP contribution in [0, 0.1) is 35.5 Å². The molecule has 0 aromatic carbocycles. The first-order valence-electron chi connectivity index (χ1n) is 30.0. The van der Waals surface area contributed by atoms with Gasteiger partial charge in [-0.15, -0.1) is 0 Å². The number of likely N-dealkylation sites (tertiary alicyclic amines) is 1. The van der Waals surface area contributed by atoms with Crippen molar-refractivity contribution >= 4 is 64.9 Å². The third-order valence-corrected chi connectivity index (χ3v) is 14.8. The van der Waals surface area contributed by atoms with Crippen molar-refractivity contribution < 1.29 is 63.0 Å². The van der Waals surface area contributed by atoms with Crippen LogP contribution in [0.5, 0.6) is 0 Å². The largest absolute Gasteiger partial charge is 0.393 e. The standard InChI is InChI=1S/C60H107N11O13/c1-19-36(9)21-22-47(75)71-32-38(11)29-45(71)53(80)65-44(28-37(10)27-41(73)30-40(72)20-2)51(78)67-48(49(76)35(7)8)54(81)69-59(15,16)56(83)66-42(25-33(3)4)50(77)64-43(26-34(5)6)52(79)68-60(17,18)57(84)70-58(13,14)55(82)62-24-23-46(74)63-39(12)31-61/h21-22,33-39,41-45,48-49,73,76H,19-20,23-32,61H2,1-18H3,(H,62,82)(H,63,74)(H,64,77)(H,65,80)(H,66,83)(H,67,78)(H,68,79)(H,69,81)(H,70,84)/b22-21+. The van der Waals surface area contributed by atoms with E-state index in [1.807, 2.05) is 48.5 Å². The molecule has 1 fully saturated rings. The number of nitrogens with two attached hydrogens (primary N) is 1. The number of carbonyl (C=O) groups excluding carboxylic acids is 11. The van der Waals surface area contributed by atoms with Crippen molar-refractivity contribution in [2.45, 2.75) is 247 Å². The Bertz CT molecular complexity index is 2290. The van der Waals surface area contributed by atoms with Gasteiger partial charge in [-0.25, -0.2) is 0 Å². The number of amides is 10. The van der Waals surface area contributed by atoms with Crippen molar-refractivity contribution in [3.05, 3.63) is 12.2 Å². The van der Waals surface area contributed by atoms with Crippen molar-refractivity contribution in [2.75, 3.05) is 19.6 Å². The van der Waals surface area contributed by atoms with Crippen LogP contribution in [0.2, 0.25) is 0 Å². The molecule has 1 heterocycles. The summed E-state index contributed by atoms with van der Waals surface area (Å²) in [6, 6.07) is -6.76. The molecule has 0 aromatic rings. The van der Waals surface area contributed by atoms with Gasteiger partial charge >= 0.3 is 0 Å². The summed E-state index contributed by atoms with van der Waals surface area (Å²) in [7, 11) is 0. The van der Waals surface area contributed by atoms with E-state index in [2.05, 4.69) is 47.9 Å². The van der Waals surface area contributed by atoms with Gasteiger partial charge < -0.3 is 68.7 Å². The number of nitrogens with zero attached hydrogens (tertiary/aromatic N) is 1. The molecule has 0 bridgehead atoms. The molecule has 11 atom stereocenters. The van der Waals surface area contributed by atoms with Crippen molar-refractivity contribution in [1.82, 2.24) is 52.8 Å². The number of ketones is 1. The van der Waals surface area contributed by atoms with E-state index in [0.29, 0.717) is 13.0 Å². The van der Waals surface area contributed by atoms with Crippen molar-refractivity contribution in [3.63, 3.8) is 0 Å². The maximum atomic E-state index is 14.5. The Kier molecular flexibility index (Phi) is 31.5. The maximum Gasteiger partial charge on any atom is 0.246 e. The molecule has 1 saturated heterocycles. The molecular formula is C60H107N11O13. The highest BCUT2D eigenvalue weighted by Gasteiger charge is 2.43. The number of aliphatic hydroxyl groups is 2. The van der Waals surface area contributed by atoms with Crippen molar-refractivity contribution in [1.29, 1.82) is 0 Å². The molecule has 480 valence electrons. The van der Waals surface area contributed by atoms with E-state index in [1.165, 1.54) is 52.5 Å². The summed E-state index contributed by atoms with van der Waals surface area (Å²) in [4.78, 5) is 152. The van der Waals surface area contributed by atoms with E-state index in [1.54, 1.807) is 40.7 Å². The summed E-state index contributed by atoms with van der Waals surface area (Å²) in [5.74, 6) is -8.37. The number of rotatable bonds is 36. The van der Waals surface area contributed by atoms with E-state index in [0.717, 1.165) is 6.42 Å². The summed E-state index contributed by atoms with van der Waals surface area (Å²) in [6.07, 6.45) is 2.02. The Morgan fingerprint density at radius 1 is 0.631 bits per heavy atom. The van der Waals surface area contributed by atoms with Gasteiger partial charge in [0, 0.05) is 44.9 Å². The van der Waals surface area contributed by atoms with Gasteiger partial charge in [-0.1, -0.05) is 88.7 Å². The fourth-order valence-corrected chi connectivity index (χ4v) is 9.24. The van der Waals surface area contributed by atoms with Crippen LogP contribution in [-0.2, 0) is 52.7 Å². The molecule has 10 amide bonds. The molecule has 0 saturated carbocycles. The molecule has 0 aliphatic carbocycles. The summed E-state index contributed by atoms with van der Waals surface area (Å²) < 4.78 is 0. The van der Waals surface area contributed by atoms with Gasteiger partial charge in [-0.3, -0.25) is 52.7 Å². The van der Waals surface area contributed by atoms with Crippen molar-refractivity contribution in [2.24, 2.45) is 41.2 Å². The van der Waals surface area contributed by atoms with E-state index in [9.17, 15) is 63.0 Å². The number of carbonyl (C=O) groups is 11. The molecule has 24 nitrogen and oxygen atoms in total. The minimum absolute atomic E-state index is 0.0158. The zero-order valence-electron chi connectivity index (χ0n) is 53.6. The molecule has 1 aliphatic heterocycles. The summed E-state index contributed by atoms with van der Waals surface area (Å²) in [5.41, 5.74) is 0.617. The maximum absolute atomic E-state index is 14.5. The van der Waals surface area contributed by atoms with Gasteiger partial charge in [-0.05, 0) is 122 Å². The van der Waals surface area contributed by atoms with E-state index < -0.39 is 118 Å². The van der Waals surface area contributed by atoms with E-state index >= 15 is 0 Å². The molecular weight excluding hydrogens is 1080 g/mol. The lowest BCUT2D eigenvalue weighted by atomic mass is 9.92. The Balaban J connectivity index is 3.46. The van der Waals surface area contributed by atoms with Crippen LogP contribution in [0.3, 0.4) is 0 Å². The summed E-state index contributed by atoms with van der Waals surface area (Å²) >= 11 is 0. The Hall–Kier alpha value is -6.01. The molecule has 0 spiro atoms. The normalized spacial score (nSPS) is 18.1. The molecule has 0 radical (unpaired) electrons. The molecule has 1 rings (SSSR count). The van der Waals surface area contributed by atoms with Crippen LogP contribution in [0.1, 0.15) is 182 Å². The second-order valence-electron chi connectivity index (χ2n) is 26.1. The third kappa shape index (κ3) is 26.1. The van der Waals surface area contributed by atoms with E-state index in [4.69, 9.17) is 5.73 Å². The first-order chi connectivity index (χ1) is 38.7. The highest BCUT2D eigenvalue weighted by molar-refractivity contribution is 6.00. The summed E-state index contributed by atoms with van der Waals surface area (Å²) in [5, 5.41) is 46.5. The second-order valence-corrected chi connectivity index (χ2v) is 26.1. The Labute approximate surface area is 499 Å². The van der Waals surface area contributed by atoms with Gasteiger partial charge in [0.25, 0.3) is 0 Å². The van der Waals surface area contributed by atoms with Crippen LogP contribution >= 0.6 is 0 Å². The highest BCUT2D eigenvalue weighted by Crippen LogP contribution is 2.25. The quantitative estimate of drug-likeness (QED) is 0.0398. The molecule has 13 N–H and O–H groups in total. The average Bonchev–Trinajstić information content (AvgIpc) is 4.01. The lowest BCUT2D eigenvalue weighted by Gasteiger charge is -2.34. The lowest BCUT2D eigenvalue weighted by Crippen LogP contribution is -2.66. The number of aliphatic hydroxyl groups excluding tert-OH is 2. The highest BCUT2D eigenvalue weighted by atomic mass is 16.3. The average molecular weight is 1190 g/mol. The molecule has 84 heavy (non-hydrogen) atoms. The number of allylic oxidation sites excluding steroid dienone is 1. The van der Waals surface area contributed by atoms with Crippen LogP contribution in [0.15, 0.2) is 12.2 Å². The smallest absolute Gasteiger partial charge is 0.246 e. The predicted molar refractivity (Wildman–Crippen MR) is 321 cm³/mol. The SMILES string of the molecule is CCC(=O)CC(O)CC(C)CC(NC(=O)C1CC(C)CN1C(=O)/C=C/C(C)CC)C(=O)NC(C(=O)NC(C)(C)C(=O)NC(CC(C)C)C(=O)NC(CC(C)C)C(=O)NC(C)(C)C(=O)NC(C)(C)C(=O)NCCC(=O)NC(C)CN)C(O)C(C)C. The van der Waals surface area contributed by atoms with Gasteiger partial charge in [-0.2, -0.15) is 0 Å². The van der Waals surface area contributed by atoms with Crippen molar-refractivity contribution in [3.8, 4) is 0 Å². The monoisotopic (exact) mass is 1190 g/mol. The minimum Gasteiger partial charge on any atom is -0.393 e. The zero-order chi connectivity index (χ0) is 64.8. The third-order valence-electron chi connectivity index (χ3n) is 14.8. The Morgan fingerprint density at radius 3 is 1.69 bits per heavy atom. The summed E-state index contributed by atoms with van der Waals surface area (Å²) in [6.45, 7) is 30.5. The molecule has 0 aromatic heterocycles. The van der Waals surface area contributed by atoms with Gasteiger partial charge in [0.1, 0.15) is 52.6 Å². The second kappa shape index (κ2) is 34.8. The number of hydrogen-bond donors (Lipinski definition) is 12. The first kappa shape index (κ1) is 76.0. The zero-order valence-corrected chi connectivity index (χ0v) is 53.6. The minimum atomic E-state index is -1.83. The van der Waals surface area contributed by atoms with Gasteiger partial charge in [0.2, 0.25) is 59.1 Å². The van der Waals surface area contributed by atoms with Gasteiger partial charge in [0.05, 0.1) is 12.2 Å². The van der Waals surface area contributed by atoms with Crippen LogP contribution < -0.4 is 53.6 Å². The first-order valence-corrected chi connectivity index (χ1v) is 30.0. The van der Waals surface area contributed by atoms with Crippen LogP contribution in [0.25, 0.3) is 0 Å². The fourth-order valence-electron chi connectivity index (χ4n) is 9.24. The van der Waals surface area contributed by atoms with Crippen LogP contribution in [0.4, 0.5) is 0 Å². The topological polar surface area (TPSA) is 366 Å². The lowest BCUT2D eigenvalue weighted by molar-refractivity contribution is -0.140. The van der Waals surface area contributed by atoms with Gasteiger partial charge in [0.15, 0.2) is 0 Å². The molecule has 24 heteroatoms. The number of nitrogens with one attached hydrogen (secondary N) is 9. The van der Waals surface area contributed by atoms with E-state index in [-0.39, 0.29) is 105 Å².